The summed E-state index contributed by atoms with van der Waals surface area (Å²) in [6.07, 6.45) is 3.09. The van der Waals surface area contributed by atoms with Crippen LogP contribution in [0.4, 0.5) is 4.39 Å². The summed E-state index contributed by atoms with van der Waals surface area (Å²) in [4.78, 5) is 0. The first-order valence-corrected chi connectivity index (χ1v) is 7.88. The van der Waals surface area contributed by atoms with Gasteiger partial charge in [-0.25, -0.2) is 4.39 Å². The molecule has 0 saturated carbocycles. The lowest BCUT2D eigenvalue weighted by Crippen LogP contribution is -2.48. The molecule has 21 heavy (non-hydrogen) atoms. The quantitative estimate of drug-likeness (QED) is 0.910. The van der Waals surface area contributed by atoms with E-state index < -0.39 is 0 Å². The molecule has 1 N–H and O–H groups in total. The third kappa shape index (κ3) is 4.79. The lowest BCUT2D eigenvalue weighted by molar-refractivity contribution is -0.0100. The molecule has 3 heteroatoms. The summed E-state index contributed by atoms with van der Waals surface area (Å²) in [6.45, 7) is 11.1. The van der Waals surface area contributed by atoms with Crippen LogP contribution in [0.15, 0.2) is 18.2 Å². The van der Waals surface area contributed by atoms with Gasteiger partial charge in [-0.2, -0.15) is 0 Å². The molecule has 1 aromatic carbocycles. The second-order valence-electron chi connectivity index (χ2n) is 7.51. The van der Waals surface area contributed by atoms with Gasteiger partial charge in [0, 0.05) is 24.1 Å². The molecule has 1 aliphatic rings. The van der Waals surface area contributed by atoms with Gasteiger partial charge in [-0.15, -0.1) is 0 Å². The first kappa shape index (κ1) is 16.4. The molecule has 0 spiro atoms. The summed E-state index contributed by atoms with van der Waals surface area (Å²) in [5, 5.41) is 3.61. The molecule has 0 bridgehead atoms. The maximum atomic E-state index is 13.6. The van der Waals surface area contributed by atoms with Gasteiger partial charge in [0.2, 0.25) is 0 Å². The van der Waals surface area contributed by atoms with Crippen molar-refractivity contribution < 1.29 is 9.13 Å². The number of nitrogens with one attached hydrogen (secondary N) is 1. The third-order valence-electron chi connectivity index (χ3n) is 4.27. The fraction of sp³-hybridized carbons (Fsp3) is 0.667. The van der Waals surface area contributed by atoms with E-state index in [4.69, 9.17) is 4.74 Å². The standard InChI is InChI=1S/C18H28FNO/c1-14-6-7-16(19)10-15(14)11-18(8-5-9-21-13-18)12-20-17(2,3)4/h6-7,10,20H,5,8-9,11-13H2,1-4H3. The Bertz CT molecular complexity index is 473. The lowest BCUT2D eigenvalue weighted by atomic mass is 9.76. The molecule has 1 saturated heterocycles. The van der Waals surface area contributed by atoms with Crippen molar-refractivity contribution in [1.82, 2.24) is 5.32 Å². The summed E-state index contributed by atoms with van der Waals surface area (Å²) >= 11 is 0. The highest BCUT2D eigenvalue weighted by Gasteiger charge is 2.34. The average molecular weight is 293 g/mol. The maximum Gasteiger partial charge on any atom is 0.123 e. The summed E-state index contributed by atoms with van der Waals surface area (Å²) in [5.74, 6) is -0.147. The van der Waals surface area contributed by atoms with Gasteiger partial charge in [-0.3, -0.25) is 0 Å². The van der Waals surface area contributed by atoms with Crippen LogP contribution < -0.4 is 5.32 Å². The zero-order valence-electron chi connectivity index (χ0n) is 13.8. The molecule has 0 aromatic heterocycles. The molecule has 1 unspecified atom stereocenters. The van der Waals surface area contributed by atoms with E-state index in [1.165, 1.54) is 6.07 Å². The molecule has 1 heterocycles. The molecule has 118 valence electrons. The lowest BCUT2D eigenvalue weighted by Gasteiger charge is -2.40. The number of halogens is 1. The maximum absolute atomic E-state index is 13.6. The molecule has 1 atom stereocenters. The van der Waals surface area contributed by atoms with Gasteiger partial charge in [0.1, 0.15) is 5.82 Å². The van der Waals surface area contributed by atoms with Gasteiger partial charge < -0.3 is 10.1 Å². The number of aryl methyl sites for hydroxylation is 1. The Morgan fingerprint density at radius 2 is 2.10 bits per heavy atom. The van der Waals surface area contributed by atoms with E-state index in [1.54, 1.807) is 6.07 Å². The third-order valence-corrected chi connectivity index (χ3v) is 4.27. The fourth-order valence-electron chi connectivity index (χ4n) is 2.94. The Hall–Kier alpha value is -0.930. The van der Waals surface area contributed by atoms with Crippen molar-refractivity contribution in [2.75, 3.05) is 19.8 Å². The highest BCUT2D eigenvalue weighted by atomic mass is 19.1. The molecule has 0 aliphatic carbocycles. The molecule has 0 amide bonds. The van der Waals surface area contributed by atoms with Gasteiger partial charge >= 0.3 is 0 Å². The molecule has 1 aromatic rings. The van der Waals surface area contributed by atoms with Crippen molar-refractivity contribution in [3.8, 4) is 0 Å². The predicted octanol–water partition coefficient (Wildman–Crippen LogP) is 3.86. The molecule has 1 aliphatic heterocycles. The molecule has 2 rings (SSSR count). The van der Waals surface area contributed by atoms with Crippen molar-refractivity contribution in [2.45, 2.75) is 52.5 Å². The Kier molecular flexibility index (Phi) is 5.05. The summed E-state index contributed by atoms with van der Waals surface area (Å²) in [5.41, 5.74) is 2.43. The minimum Gasteiger partial charge on any atom is -0.381 e. The van der Waals surface area contributed by atoms with E-state index in [0.29, 0.717) is 0 Å². The molecule has 0 radical (unpaired) electrons. The zero-order valence-corrected chi connectivity index (χ0v) is 13.8. The minimum atomic E-state index is -0.147. The van der Waals surface area contributed by atoms with Gasteiger partial charge in [-0.1, -0.05) is 6.07 Å². The van der Waals surface area contributed by atoms with Crippen LogP contribution in [-0.4, -0.2) is 25.3 Å². The SMILES string of the molecule is Cc1ccc(F)cc1CC1(CNC(C)(C)C)CCCOC1. The van der Waals surface area contributed by atoms with E-state index in [-0.39, 0.29) is 16.8 Å². The van der Waals surface area contributed by atoms with Gasteiger partial charge in [0.05, 0.1) is 6.61 Å². The monoisotopic (exact) mass is 293 g/mol. The van der Waals surface area contributed by atoms with Crippen molar-refractivity contribution >= 4 is 0 Å². The van der Waals surface area contributed by atoms with Crippen LogP contribution in [-0.2, 0) is 11.2 Å². The van der Waals surface area contributed by atoms with Crippen LogP contribution in [0, 0.1) is 18.2 Å². The topological polar surface area (TPSA) is 21.3 Å². The number of rotatable bonds is 4. The number of hydrogen-bond donors (Lipinski definition) is 1. The van der Waals surface area contributed by atoms with Gasteiger partial charge in [0.15, 0.2) is 0 Å². The normalized spacial score (nSPS) is 23.3. The van der Waals surface area contributed by atoms with E-state index in [1.807, 2.05) is 6.07 Å². The van der Waals surface area contributed by atoms with Gasteiger partial charge in [0.25, 0.3) is 0 Å². The second kappa shape index (κ2) is 6.45. The second-order valence-corrected chi connectivity index (χ2v) is 7.51. The van der Waals surface area contributed by atoms with E-state index in [2.05, 4.69) is 33.0 Å². The number of hydrogen-bond acceptors (Lipinski definition) is 2. The highest BCUT2D eigenvalue weighted by Crippen LogP contribution is 2.33. The van der Waals surface area contributed by atoms with E-state index in [9.17, 15) is 4.39 Å². The Labute approximate surface area is 128 Å². The van der Waals surface area contributed by atoms with Crippen LogP contribution in [0.3, 0.4) is 0 Å². The first-order valence-electron chi connectivity index (χ1n) is 7.88. The van der Waals surface area contributed by atoms with Crippen LogP contribution in [0.5, 0.6) is 0 Å². The van der Waals surface area contributed by atoms with Crippen LogP contribution >= 0.6 is 0 Å². The first-order chi connectivity index (χ1) is 9.80. The Morgan fingerprint density at radius 3 is 2.71 bits per heavy atom. The van der Waals surface area contributed by atoms with E-state index in [0.717, 1.165) is 50.1 Å². The van der Waals surface area contributed by atoms with Crippen molar-refractivity contribution in [3.05, 3.63) is 35.1 Å². The molecular weight excluding hydrogens is 265 g/mol. The van der Waals surface area contributed by atoms with Crippen molar-refractivity contribution in [3.63, 3.8) is 0 Å². The predicted molar refractivity (Wildman–Crippen MR) is 85.1 cm³/mol. The zero-order chi connectivity index (χ0) is 15.5. The Morgan fingerprint density at radius 1 is 1.33 bits per heavy atom. The van der Waals surface area contributed by atoms with Crippen LogP contribution in [0.1, 0.15) is 44.7 Å². The average Bonchev–Trinajstić information content (AvgIpc) is 2.41. The summed E-state index contributed by atoms with van der Waals surface area (Å²) in [6, 6.07) is 5.10. The molecule has 2 nitrogen and oxygen atoms in total. The van der Waals surface area contributed by atoms with Crippen LogP contribution in [0.25, 0.3) is 0 Å². The summed E-state index contributed by atoms with van der Waals surface area (Å²) in [7, 11) is 0. The smallest absolute Gasteiger partial charge is 0.123 e. The number of ether oxygens (including phenoxy) is 1. The molecule has 1 fully saturated rings. The Balaban J connectivity index is 2.17. The van der Waals surface area contributed by atoms with Crippen molar-refractivity contribution in [2.24, 2.45) is 5.41 Å². The van der Waals surface area contributed by atoms with E-state index >= 15 is 0 Å². The number of benzene rings is 1. The molecular formula is C18H28FNO. The fourth-order valence-corrected chi connectivity index (χ4v) is 2.94. The van der Waals surface area contributed by atoms with Crippen molar-refractivity contribution in [1.29, 1.82) is 0 Å². The largest absolute Gasteiger partial charge is 0.381 e. The van der Waals surface area contributed by atoms with Gasteiger partial charge in [-0.05, 0) is 70.2 Å². The highest BCUT2D eigenvalue weighted by molar-refractivity contribution is 5.28. The van der Waals surface area contributed by atoms with Crippen LogP contribution in [0.2, 0.25) is 0 Å². The summed E-state index contributed by atoms with van der Waals surface area (Å²) < 4.78 is 19.3. The minimum absolute atomic E-state index is 0.0735.